The number of rotatable bonds is 51. The number of aliphatic hydroxyl groups excluding tert-OH is 1. The zero-order valence-electron chi connectivity index (χ0n) is 78.6. The van der Waals surface area contributed by atoms with Crippen LogP contribution in [0.1, 0.15) is 78.8 Å². The molecule has 0 bridgehead atoms. The van der Waals surface area contributed by atoms with Crippen molar-refractivity contribution >= 4 is 111 Å². The molecule has 0 radical (unpaired) electrons. The fraction of sp³-hybridized carbons (Fsp3) is 0.658. The number of nitrogens with two attached hydrogens (primary N) is 3. The van der Waals surface area contributed by atoms with Crippen molar-refractivity contribution in [1.29, 1.82) is 0 Å². The first-order chi connectivity index (χ1) is 68.3. The lowest BCUT2D eigenvalue weighted by atomic mass is 10.1. The summed E-state index contributed by atoms with van der Waals surface area (Å²) in [5, 5.41) is 11.8. The number of anilines is 3. The van der Waals surface area contributed by atoms with Gasteiger partial charge in [-0.1, -0.05) is 0 Å². The monoisotopic (exact) mass is 2200 g/mol. The number of nitrogen functional groups attached to an aromatic ring is 3. The third-order valence-electron chi connectivity index (χ3n) is 23.3. The van der Waals surface area contributed by atoms with Gasteiger partial charge in [0.2, 0.25) is 0 Å². The lowest BCUT2D eigenvalue weighted by molar-refractivity contribution is -0.0849. The molecule has 68 heteroatoms. The molecule has 6 aliphatic heterocycles. The Morgan fingerprint density at radius 3 is 1.19 bits per heavy atom. The zero-order chi connectivity index (χ0) is 104. The molecular weight excluding hydrogens is 2090 g/mol. The number of phosphoric acid groups is 2. The van der Waals surface area contributed by atoms with Crippen LogP contribution in [0.25, 0.3) is 22.3 Å². The van der Waals surface area contributed by atoms with Gasteiger partial charge in [-0.05, 0) is 77.0 Å². The highest BCUT2D eigenvalue weighted by atomic mass is 32.5. The molecule has 0 spiro atoms. The van der Waals surface area contributed by atoms with Gasteiger partial charge in [0.15, 0.2) is 53.8 Å². The van der Waals surface area contributed by atoms with Gasteiger partial charge in [-0.3, -0.25) is 78.9 Å². The third-order valence-corrected chi connectivity index (χ3v) is 30.0. The first kappa shape index (κ1) is 112. The van der Waals surface area contributed by atoms with Crippen LogP contribution in [-0.4, -0.2) is 345 Å². The summed E-state index contributed by atoms with van der Waals surface area (Å²) in [6, 6.07) is 0. The van der Waals surface area contributed by atoms with Crippen molar-refractivity contribution in [3.8, 4) is 0 Å². The predicted octanol–water partition coefficient (Wildman–Crippen LogP) is -1.96. The van der Waals surface area contributed by atoms with Gasteiger partial charge in [-0.2, -0.15) is 9.97 Å². The molecule has 8 aromatic rings. The number of fused-ring (bicyclic) bond motifs is 2. The number of ether oxygens (including phenoxy) is 16. The van der Waals surface area contributed by atoms with Crippen LogP contribution < -0.4 is 56.6 Å². The number of aromatic amines is 3. The number of nitrogens with zero attached hydrogens (tertiary/aromatic N) is 13. The lowest BCUT2D eigenvalue weighted by Gasteiger charge is -2.30. The summed E-state index contributed by atoms with van der Waals surface area (Å²) in [5.41, 5.74) is 12.2. The Balaban J connectivity index is 0.757. The van der Waals surface area contributed by atoms with Crippen LogP contribution in [0.3, 0.4) is 0 Å². The number of aliphatic hydroxyl groups is 1. The summed E-state index contributed by atoms with van der Waals surface area (Å²) >= 11 is 17.0. The van der Waals surface area contributed by atoms with Gasteiger partial charge in [0, 0.05) is 89.0 Å². The first-order valence-electron chi connectivity index (χ1n) is 44.0. The Morgan fingerprint density at radius 2 is 0.757 bits per heavy atom. The molecule has 8 aromatic heterocycles. The number of methoxy groups -OCH3 is 5. The molecule has 0 amide bonds. The van der Waals surface area contributed by atoms with Gasteiger partial charge in [0.25, 0.3) is 16.7 Å². The van der Waals surface area contributed by atoms with Gasteiger partial charge in [0.05, 0.1) is 124 Å². The van der Waals surface area contributed by atoms with Crippen molar-refractivity contribution in [3.05, 3.63) is 145 Å². The number of aromatic nitrogens is 16. The minimum atomic E-state index is -5.96. The van der Waals surface area contributed by atoms with E-state index in [1.807, 2.05) is 0 Å². The average molecular weight is 2200 g/mol. The maximum Gasteiger partial charge on any atom is 0.472 e. The Labute approximate surface area is 829 Å². The number of imidazole rings is 2. The van der Waals surface area contributed by atoms with E-state index in [2.05, 4.69) is 49.8 Å². The molecule has 11 unspecified atom stereocenters. The van der Waals surface area contributed by atoms with Crippen LogP contribution in [0.15, 0.2) is 77.3 Å². The number of aryl methyl sites for hydroxylation is 5. The molecule has 6 aliphatic rings. The van der Waals surface area contributed by atoms with Crippen molar-refractivity contribution in [3.63, 3.8) is 0 Å². The Hall–Kier alpha value is -7.45. The van der Waals surface area contributed by atoms with Crippen LogP contribution in [-0.2, 0) is 166 Å². The van der Waals surface area contributed by atoms with Gasteiger partial charge >= 0.3 is 58.6 Å². The summed E-state index contributed by atoms with van der Waals surface area (Å²) in [4.78, 5) is 192. The normalized spacial score (nSPS) is 29.3. The molecule has 144 heavy (non-hydrogen) atoms. The highest BCUT2D eigenvalue weighted by Crippen LogP contribution is 2.58. The van der Waals surface area contributed by atoms with E-state index in [9.17, 15) is 63.1 Å². The van der Waals surface area contributed by atoms with Crippen molar-refractivity contribution in [2.75, 3.05) is 152 Å². The minimum absolute atomic E-state index is 0.0277. The highest BCUT2D eigenvalue weighted by molar-refractivity contribution is 8.07. The van der Waals surface area contributed by atoms with Crippen LogP contribution in [0, 0.1) is 34.6 Å². The van der Waals surface area contributed by atoms with E-state index in [0.29, 0.717) is 11.2 Å². The molecule has 0 aliphatic carbocycles. The third kappa shape index (κ3) is 26.6. The fourth-order valence-corrected chi connectivity index (χ4v) is 22.6. The van der Waals surface area contributed by atoms with Crippen LogP contribution >= 0.6 is 35.8 Å². The van der Waals surface area contributed by atoms with Crippen molar-refractivity contribution in [2.45, 2.75) is 189 Å². The molecular formula is C76H110N19O41P5S3. The average Bonchev–Trinajstić information content (AvgIpc) is 1.62. The maximum absolute atomic E-state index is 15.4. The molecule has 15 N–H and O–H groups in total. The summed E-state index contributed by atoms with van der Waals surface area (Å²) in [6.07, 6.45) is -28.7. The number of hydrogen-bond acceptors (Lipinski definition) is 49. The summed E-state index contributed by atoms with van der Waals surface area (Å²) in [6.45, 7) is -13.0. The van der Waals surface area contributed by atoms with Crippen molar-refractivity contribution in [2.24, 2.45) is 0 Å². The van der Waals surface area contributed by atoms with Gasteiger partial charge in [0.1, 0.15) is 127 Å². The molecule has 14 heterocycles. The number of H-pyrrole nitrogens is 3. The van der Waals surface area contributed by atoms with Crippen molar-refractivity contribution in [1.82, 2.24) is 77.2 Å². The number of phosphoric ester groups is 2. The van der Waals surface area contributed by atoms with Gasteiger partial charge < -0.3 is 146 Å². The van der Waals surface area contributed by atoms with Crippen LogP contribution in [0.2, 0.25) is 0 Å². The summed E-state index contributed by atoms with van der Waals surface area (Å²) in [7, 11) is -5.13. The Kier molecular flexibility index (Phi) is 37.6. The molecule has 60 nitrogen and oxygen atoms in total. The molecule has 0 saturated carbocycles. The second kappa shape index (κ2) is 48.2. The van der Waals surface area contributed by atoms with Crippen LogP contribution in [0.4, 0.5) is 17.5 Å². The Morgan fingerprint density at radius 1 is 0.396 bits per heavy atom. The summed E-state index contributed by atoms with van der Waals surface area (Å²) in [5.74, 6) is -0.112. The lowest BCUT2D eigenvalue weighted by Crippen LogP contribution is -2.42. The van der Waals surface area contributed by atoms with Gasteiger partial charge in [-0.15, -0.1) is 0 Å². The molecule has 6 fully saturated rings. The maximum atomic E-state index is 15.4. The largest absolute Gasteiger partial charge is 0.472 e. The van der Waals surface area contributed by atoms with E-state index >= 15 is 9.13 Å². The number of nitrogens with one attached hydrogen (secondary N) is 3. The molecule has 6 saturated heterocycles. The quantitative estimate of drug-likeness (QED) is 0.0145. The van der Waals surface area contributed by atoms with E-state index in [4.69, 9.17) is 174 Å². The summed E-state index contributed by atoms with van der Waals surface area (Å²) < 4.78 is 193. The molecule has 14 rings (SSSR count). The van der Waals surface area contributed by atoms with E-state index in [1.54, 1.807) is 18.4 Å². The van der Waals surface area contributed by atoms with Crippen molar-refractivity contribution < 1.29 is 160 Å². The van der Waals surface area contributed by atoms with E-state index in [1.165, 1.54) is 92.9 Å². The fourth-order valence-electron chi connectivity index (χ4n) is 16.3. The minimum Gasteiger partial charge on any atom is -0.387 e. The molecule has 0 aromatic carbocycles. The number of hydrogen-bond donors (Lipinski definition) is 12. The van der Waals surface area contributed by atoms with E-state index in [0.717, 1.165) is 37.0 Å². The first-order valence-corrected chi connectivity index (χ1v) is 54.7. The SMILES string of the molecule is COCCO[C@H]1C(O)[C@@H](COP(O)(=S)OC2[C@@H](COP(O)(=S)OC3[C@@H](COP(=O)(O)OC4[C@@H](COP(=O)(O)OC5[C@@H](COP(O)(=S)OC6C[C@H](n7cnc8c(N)ncnc87)O[C@@H]6C)O[C@@H](n6cc(C)c(N)nc6=O)[C@H]5OCCOC)O[C@@H](n5cc(C)c(=O)[nH]c5=O)[C@H]4OCCOC)O[C@@H](n4cnc5c(=O)[nH]c(C)nc54)[C@H]3OCCOC)O[C@@H](n3cc(C)c(=O)[nH]c3=O)[C@H]2OCCOC)O[C@H]1n1cc(C)c(N)nc1=O. The molecule has 28 atom stereocenters. The zero-order valence-corrected chi connectivity index (χ0v) is 85.5. The second-order valence-corrected chi connectivity index (χ2v) is 44.4. The van der Waals surface area contributed by atoms with Crippen LogP contribution in [0.5, 0.6) is 0 Å². The topological polar surface area (TPSA) is 760 Å². The molecule has 798 valence electrons. The van der Waals surface area contributed by atoms with E-state index < -0.39 is 256 Å². The second-order valence-electron chi connectivity index (χ2n) is 33.2. The smallest absolute Gasteiger partial charge is 0.387 e. The van der Waals surface area contributed by atoms with E-state index in [-0.39, 0.29) is 123 Å². The predicted molar refractivity (Wildman–Crippen MR) is 501 cm³/mol. The highest BCUT2D eigenvalue weighted by Gasteiger charge is 2.59. The standard InChI is InChI=1S/C76H110N19O41P5S3/c1-35-23-90(73(100)86-60(35)77)68-55(116-17-12-111-7)50(96)42(127-68)27-123-140(109,143)136-54-46(130-71(58(54)119-20-15-114-10)93-26-38(4)66(98)89-76(93)103)31-125-141(110,144)135-53-44(131-72(59(53)120-21-16-115-11)95-34-83-49-64(95)84-40(6)85-67(49)99)29-122-138(106,107)133-51-43(128-70(56(51)117-18-13-112-8)92-25-37(3)65(97)88-75(92)102)28-121-137(104,105)134-52-45(129-69(57(52)118-19-14-113-9)91-24-36(2)61(78)87-74(91)101)30-124-139(108,142)132-41-22-47(126-39(41)5)94-33-82-48-62(79)80-32-81-63(48)94/h23-26,32-34,39,41-47,50-59,68-72,96H,12-22,27-31H2,1-11H3,(H,104,105)(H,106,107)(H,108,142)(H,109,143)(H,110,144)(H2,77,86,100)(H2,78,87,101)(H2,79,80,81)(H,84,85,99)(H,88,97,102)(H,89,98,103)/t39-,41?,42-,43-,44-,45-,46-,47-,50?,51?,52?,53?,54?,55+,56+,57+,58+,59+,68-,69-,70-,71-,72-,139?,140?,141?/m1/s1. The Bertz CT molecular complexity index is 6540. The van der Waals surface area contributed by atoms with Gasteiger partial charge in [-0.25, -0.2) is 53.2 Å².